The van der Waals surface area contributed by atoms with Crippen LogP contribution >= 0.6 is 11.6 Å². The lowest BCUT2D eigenvalue weighted by molar-refractivity contribution is -0.0170. The molecular weight excluding hydrogens is 396 g/mol. The van der Waals surface area contributed by atoms with Crippen molar-refractivity contribution >= 4 is 22.6 Å². The number of benzene rings is 1. The monoisotopic (exact) mass is 418 g/mol. The van der Waals surface area contributed by atoms with Crippen molar-refractivity contribution in [1.82, 2.24) is 14.5 Å². The van der Waals surface area contributed by atoms with E-state index in [9.17, 15) is 10.2 Å². The quantitative estimate of drug-likeness (QED) is 0.559. The van der Waals surface area contributed by atoms with Crippen molar-refractivity contribution in [1.29, 1.82) is 0 Å². The highest BCUT2D eigenvalue weighted by Crippen LogP contribution is 2.38. The zero-order chi connectivity index (χ0) is 20.5. The highest BCUT2D eigenvalue weighted by atomic mass is 35.5. The first kappa shape index (κ1) is 19.9. The number of hydrogen-bond acceptors (Lipinski definition) is 7. The molecule has 154 valence electrons. The Hall–Kier alpha value is -2.39. The van der Waals surface area contributed by atoms with Crippen LogP contribution in [-0.4, -0.2) is 56.2 Å². The molecule has 8 nitrogen and oxygen atoms in total. The van der Waals surface area contributed by atoms with Gasteiger partial charge in [-0.3, -0.25) is 0 Å². The highest BCUT2D eigenvalue weighted by Gasteiger charge is 2.44. The minimum Gasteiger partial charge on any atom is -0.488 e. The molecule has 1 fully saturated rings. The number of aryl methyl sites for hydroxylation is 1. The topological polar surface area (TPSA) is 116 Å². The van der Waals surface area contributed by atoms with Gasteiger partial charge in [0.15, 0.2) is 11.5 Å². The summed E-state index contributed by atoms with van der Waals surface area (Å²) in [6, 6.07) is 6.53. The van der Waals surface area contributed by atoms with Crippen molar-refractivity contribution in [3.8, 4) is 11.5 Å². The Kier molecular flexibility index (Phi) is 5.60. The molecule has 4 N–H and O–H groups in total. The molecule has 1 saturated carbocycles. The van der Waals surface area contributed by atoms with Crippen LogP contribution in [0.25, 0.3) is 11.0 Å². The molecule has 4 rings (SSSR count). The van der Waals surface area contributed by atoms with E-state index in [-0.39, 0.29) is 6.04 Å². The molecule has 0 aliphatic heterocycles. The summed E-state index contributed by atoms with van der Waals surface area (Å²) in [4.78, 5) is 8.54. The van der Waals surface area contributed by atoms with E-state index in [1.165, 1.54) is 6.33 Å². The van der Waals surface area contributed by atoms with Gasteiger partial charge >= 0.3 is 0 Å². The van der Waals surface area contributed by atoms with E-state index >= 15 is 0 Å². The van der Waals surface area contributed by atoms with Gasteiger partial charge in [-0.25, -0.2) is 9.97 Å². The second-order valence-electron chi connectivity index (χ2n) is 7.09. The molecule has 0 radical (unpaired) electrons. The molecule has 0 spiro atoms. The van der Waals surface area contributed by atoms with E-state index in [4.69, 9.17) is 26.8 Å². The number of aliphatic hydroxyl groups excluding tert-OH is 2. The third kappa shape index (κ3) is 3.76. The van der Waals surface area contributed by atoms with E-state index in [0.29, 0.717) is 41.7 Å². The third-order valence-corrected chi connectivity index (χ3v) is 5.46. The molecule has 0 bridgehead atoms. The van der Waals surface area contributed by atoms with E-state index in [0.717, 1.165) is 11.1 Å². The Morgan fingerprint density at radius 3 is 2.83 bits per heavy atom. The van der Waals surface area contributed by atoms with Crippen molar-refractivity contribution < 1.29 is 19.7 Å². The summed E-state index contributed by atoms with van der Waals surface area (Å²) < 4.78 is 13.5. The van der Waals surface area contributed by atoms with Crippen LogP contribution in [0.3, 0.4) is 0 Å². The summed E-state index contributed by atoms with van der Waals surface area (Å²) in [5.74, 6) is 0.887. The number of rotatable bonds is 6. The van der Waals surface area contributed by atoms with Crippen LogP contribution in [0.5, 0.6) is 11.5 Å². The molecule has 3 aromatic rings. The zero-order valence-corrected chi connectivity index (χ0v) is 16.7. The lowest BCUT2D eigenvalue weighted by atomic mass is 10.2. The minimum atomic E-state index is -1.07. The van der Waals surface area contributed by atoms with Crippen LogP contribution in [0.4, 0.5) is 0 Å². The van der Waals surface area contributed by atoms with Crippen LogP contribution in [-0.2, 0) is 0 Å². The Morgan fingerprint density at radius 2 is 2.03 bits per heavy atom. The van der Waals surface area contributed by atoms with Crippen LogP contribution in [0.2, 0.25) is 5.02 Å². The Morgan fingerprint density at radius 1 is 1.21 bits per heavy atom. The molecule has 2 heterocycles. The van der Waals surface area contributed by atoms with E-state index in [1.807, 2.05) is 23.8 Å². The number of hydrogen-bond donors (Lipinski definition) is 3. The number of nitrogens with two attached hydrogens (primary N) is 1. The Labute approximate surface area is 172 Å². The molecule has 4 atom stereocenters. The Balaban J connectivity index is 1.59. The van der Waals surface area contributed by atoms with Gasteiger partial charge in [0.2, 0.25) is 0 Å². The first-order chi connectivity index (χ1) is 14.0. The van der Waals surface area contributed by atoms with Crippen LogP contribution < -0.4 is 15.2 Å². The fraction of sp³-hybridized carbons (Fsp3) is 0.400. The van der Waals surface area contributed by atoms with Gasteiger partial charge in [-0.1, -0.05) is 11.6 Å². The average Bonchev–Trinajstić information content (AvgIpc) is 3.25. The van der Waals surface area contributed by atoms with Gasteiger partial charge < -0.3 is 30.0 Å². The lowest BCUT2D eigenvalue weighted by Gasteiger charge is -2.20. The van der Waals surface area contributed by atoms with E-state index in [2.05, 4.69) is 9.97 Å². The first-order valence-electron chi connectivity index (χ1n) is 9.43. The maximum Gasteiger partial charge on any atom is 0.162 e. The minimum absolute atomic E-state index is 0.309. The maximum atomic E-state index is 10.7. The normalized spacial score (nSPS) is 24.2. The zero-order valence-electron chi connectivity index (χ0n) is 15.9. The number of nitrogens with zero attached hydrogens (tertiary/aromatic N) is 3. The highest BCUT2D eigenvalue weighted by molar-refractivity contribution is 6.30. The fourth-order valence-electron chi connectivity index (χ4n) is 3.75. The molecule has 1 aliphatic rings. The Bertz CT molecular complexity index is 1010. The largest absolute Gasteiger partial charge is 0.488 e. The summed E-state index contributed by atoms with van der Waals surface area (Å²) >= 11 is 6.05. The summed E-state index contributed by atoms with van der Waals surface area (Å²) in [6.07, 6.45) is 1.04. The van der Waals surface area contributed by atoms with Gasteiger partial charge in [-0.2, -0.15) is 0 Å². The van der Waals surface area contributed by atoms with Crippen molar-refractivity contribution in [2.45, 2.75) is 37.7 Å². The number of halogens is 1. The predicted molar refractivity (Wildman–Crippen MR) is 108 cm³/mol. The molecule has 29 heavy (non-hydrogen) atoms. The number of aromatic nitrogens is 3. The van der Waals surface area contributed by atoms with Crippen LogP contribution in [0.1, 0.15) is 18.2 Å². The summed E-state index contributed by atoms with van der Waals surface area (Å²) in [5.41, 5.74) is 7.09. The smallest absolute Gasteiger partial charge is 0.162 e. The van der Waals surface area contributed by atoms with E-state index in [1.54, 1.807) is 18.2 Å². The summed E-state index contributed by atoms with van der Waals surface area (Å²) in [7, 11) is 0. The second kappa shape index (κ2) is 8.16. The van der Waals surface area contributed by atoms with Crippen LogP contribution in [0.15, 0.2) is 36.8 Å². The fourth-order valence-corrected chi connectivity index (χ4v) is 3.91. The standard InChI is InChI=1S/C20H23ClN4O4/c1-11-13-4-6-25(20(13)24-10-23-11)14-9-17(19(27)18(14)26)29-15-3-2-12(21)8-16(15)28-7-5-22/h2-4,6,8,10,14,17-19,26-27H,5,7,9,22H2,1H3/t14?,17?,18-,19+/m0/s1. The van der Waals surface area contributed by atoms with Crippen molar-refractivity contribution in [3.63, 3.8) is 0 Å². The van der Waals surface area contributed by atoms with Crippen molar-refractivity contribution in [3.05, 3.63) is 47.5 Å². The predicted octanol–water partition coefficient (Wildman–Crippen LogP) is 1.84. The number of ether oxygens (including phenoxy) is 2. The number of aliphatic hydroxyl groups is 2. The first-order valence-corrected chi connectivity index (χ1v) is 9.80. The molecule has 0 amide bonds. The molecular formula is C20H23ClN4O4. The number of fused-ring (bicyclic) bond motifs is 1. The van der Waals surface area contributed by atoms with Crippen LogP contribution in [0, 0.1) is 6.92 Å². The van der Waals surface area contributed by atoms with E-state index < -0.39 is 18.3 Å². The maximum absolute atomic E-state index is 10.7. The van der Waals surface area contributed by atoms with Gasteiger partial charge in [-0.05, 0) is 25.1 Å². The average molecular weight is 419 g/mol. The molecule has 9 heteroatoms. The molecule has 1 aromatic carbocycles. The van der Waals surface area contributed by atoms with Gasteiger partial charge in [0.05, 0.1) is 11.7 Å². The molecule has 2 aromatic heterocycles. The van der Waals surface area contributed by atoms with Gasteiger partial charge in [0, 0.05) is 35.6 Å². The van der Waals surface area contributed by atoms with Crippen molar-refractivity contribution in [2.75, 3.05) is 13.2 Å². The lowest BCUT2D eigenvalue weighted by Crippen LogP contribution is -2.34. The third-order valence-electron chi connectivity index (χ3n) is 5.22. The summed E-state index contributed by atoms with van der Waals surface area (Å²) in [6.45, 7) is 2.56. The van der Waals surface area contributed by atoms with Gasteiger partial charge in [0.25, 0.3) is 0 Å². The van der Waals surface area contributed by atoms with Crippen molar-refractivity contribution in [2.24, 2.45) is 5.73 Å². The summed E-state index contributed by atoms with van der Waals surface area (Å²) in [5, 5.41) is 22.7. The molecule has 1 aliphatic carbocycles. The molecule has 2 unspecified atom stereocenters. The molecule has 0 saturated heterocycles. The second-order valence-corrected chi connectivity index (χ2v) is 7.52. The van der Waals surface area contributed by atoms with Gasteiger partial charge in [-0.15, -0.1) is 0 Å². The SMILES string of the molecule is Cc1ncnc2c1ccn2C1CC(Oc2ccc(Cl)cc2OCCN)[C@@H](O)[C@H]1O. The van der Waals surface area contributed by atoms with Gasteiger partial charge in [0.1, 0.15) is 36.9 Å².